The lowest BCUT2D eigenvalue weighted by Crippen LogP contribution is -2.08. The van der Waals surface area contributed by atoms with Gasteiger partial charge in [0.1, 0.15) is 11.3 Å². The fourth-order valence-corrected chi connectivity index (χ4v) is 2.64. The zero-order chi connectivity index (χ0) is 23.1. The molecule has 0 saturated heterocycles. The molecule has 7 heteroatoms. The largest absolute Gasteiger partial charge is 0.507 e. The Balaban J connectivity index is 0.00000218. The number of benzene rings is 2. The van der Waals surface area contributed by atoms with Crippen molar-refractivity contribution in [2.45, 2.75) is 26.9 Å². The maximum Gasteiger partial charge on any atom is 0.417 e. The van der Waals surface area contributed by atoms with E-state index < -0.39 is 29.0 Å². The van der Waals surface area contributed by atoms with Crippen LogP contribution in [0.5, 0.6) is 0 Å². The van der Waals surface area contributed by atoms with Crippen molar-refractivity contribution in [1.82, 2.24) is 0 Å². The summed E-state index contributed by atoms with van der Waals surface area (Å²) >= 11 is 5.79. The standard InChI is InChI=1S/C21H16ClF3O3.C2H6/c1-3-19(26)17(20(27)28)10-12(2)14-6-9-16(18(11-14)21(23,24)25)13-4-7-15(22)8-5-13;1-2/h3-11,26H,2H2,1H3,(H,27,28);1-2H3/b17-10+,19-3+;. The minimum atomic E-state index is -4.64. The van der Waals surface area contributed by atoms with Gasteiger partial charge in [-0.15, -0.1) is 0 Å². The highest BCUT2D eigenvalue weighted by Gasteiger charge is 2.34. The van der Waals surface area contributed by atoms with Crippen molar-refractivity contribution in [3.05, 3.63) is 88.7 Å². The molecule has 0 aliphatic carbocycles. The quantitative estimate of drug-likeness (QED) is 0.288. The van der Waals surface area contributed by atoms with E-state index >= 15 is 0 Å². The lowest BCUT2D eigenvalue weighted by Gasteiger charge is -2.15. The molecule has 0 aliphatic rings. The Labute approximate surface area is 178 Å². The highest BCUT2D eigenvalue weighted by atomic mass is 35.5. The molecule has 2 N–H and O–H groups in total. The van der Waals surface area contributed by atoms with E-state index in [9.17, 15) is 23.1 Å². The Morgan fingerprint density at radius 1 is 1.07 bits per heavy atom. The van der Waals surface area contributed by atoms with Crippen molar-refractivity contribution < 1.29 is 28.2 Å². The van der Waals surface area contributed by atoms with Crippen molar-refractivity contribution in [3.8, 4) is 11.1 Å². The molecule has 0 atom stereocenters. The van der Waals surface area contributed by atoms with E-state index in [4.69, 9.17) is 16.7 Å². The molecule has 3 nitrogen and oxygen atoms in total. The van der Waals surface area contributed by atoms with Gasteiger partial charge in [0.15, 0.2) is 0 Å². The summed E-state index contributed by atoms with van der Waals surface area (Å²) in [6, 6.07) is 9.54. The van der Waals surface area contributed by atoms with Crippen LogP contribution in [0.15, 0.2) is 72.5 Å². The molecule has 2 aromatic rings. The third-order valence-corrected chi connectivity index (χ3v) is 4.20. The molecule has 0 radical (unpaired) electrons. The SMILES string of the molecule is C=C(/C=C(C(=O)O)\C(O)=C/C)c1ccc(-c2ccc(Cl)cc2)c(C(F)(F)F)c1.CC. The van der Waals surface area contributed by atoms with Crippen LogP contribution in [0.3, 0.4) is 0 Å². The number of alkyl halides is 3. The number of hydrogen-bond donors (Lipinski definition) is 2. The third-order valence-electron chi connectivity index (χ3n) is 3.95. The van der Waals surface area contributed by atoms with Crippen LogP contribution in [0.2, 0.25) is 5.02 Å². The fraction of sp³-hybridized carbons (Fsp3) is 0.174. The van der Waals surface area contributed by atoms with Gasteiger partial charge < -0.3 is 10.2 Å². The van der Waals surface area contributed by atoms with Crippen LogP contribution >= 0.6 is 11.6 Å². The van der Waals surface area contributed by atoms with E-state index in [2.05, 4.69) is 6.58 Å². The second kappa shape index (κ2) is 10.7. The molecule has 0 fully saturated rings. The summed E-state index contributed by atoms with van der Waals surface area (Å²) in [5.41, 5.74) is -0.981. The molecule has 0 heterocycles. The van der Waals surface area contributed by atoms with E-state index in [0.717, 1.165) is 18.2 Å². The van der Waals surface area contributed by atoms with Crippen LogP contribution < -0.4 is 0 Å². The lowest BCUT2D eigenvalue weighted by atomic mass is 9.94. The number of halogens is 4. The predicted molar refractivity (Wildman–Crippen MR) is 114 cm³/mol. The molecule has 30 heavy (non-hydrogen) atoms. The number of aliphatic hydroxyl groups excluding tert-OH is 1. The average molecular weight is 439 g/mol. The fourth-order valence-electron chi connectivity index (χ4n) is 2.52. The van der Waals surface area contributed by atoms with Crippen molar-refractivity contribution in [2.24, 2.45) is 0 Å². The summed E-state index contributed by atoms with van der Waals surface area (Å²) in [7, 11) is 0. The first-order valence-electron chi connectivity index (χ1n) is 9.01. The van der Waals surface area contributed by atoms with Crippen molar-refractivity contribution in [1.29, 1.82) is 0 Å². The van der Waals surface area contributed by atoms with Crippen molar-refractivity contribution >= 4 is 23.1 Å². The van der Waals surface area contributed by atoms with Gasteiger partial charge in [0.2, 0.25) is 0 Å². The molecule has 0 amide bonds. The van der Waals surface area contributed by atoms with Crippen molar-refractivity contribution in [2.75, 3.05) is 0 Å². The van der Waals surface area contributed by atoms with E-state index in [1.807, 2.05) is 13.8 Å². The van der Waals surface area contributed by atoms with Gasteiger partial charge in [-0.2, -0.15) is 13.2 Å². The van der Waals surface area contributed by atoms with E-state index in [1.54, 1.807) is 0 Å². The Kier molecular flexibility index (Phi) is 8.93. The monoisotopic (exact) mass is 438 g/mol. The lowest BCUT2D eigenvalue weighted by molar-refractivity contribution is -0.137. The molecule has 0 aliphatic heterocycles. The highest BCUT2D eigenvalue weighted by molar-refractivity contribution is 6.30. The zero-order valence-electron chi connectivity index (χ0n) is 16.7. The third kappa shape index (κ3) is 6.26. The number of aliphatic hydroxyl groups is 1. The average Bonchev–Trinajstić information content (AvgIpc) is 2.72. The smallest absolute Gasteiger partial charge is 0.417 e. The molecule has 2 rings (SSSR count). The first-order chi connectivity index (χ1) is 14.0. The molecule has 0 aromatic heterocycles. The van der Waals surface area contributed by atoms with Gasteiger partial charge in [-0.1, -0.05) is 56.3 Å². The first kappa shape index (κ1) is 25.0. The molecule has 0 spiro atoms. The molecular weight excluding hydrogens is 417 g/mol. The number of hydrogen-bond acceptors (Lipinski definition) is 2. The van der Waals surface area contributed by atoms with Gasteiger partial charge in [-0.05, 0) is 59.5 Å². The predicted octanol–water partition coefficient (Wildman–Crippen LogP) is 7.54. The summed E-state index contributed by atoms with van der Waals surface area (Å²) < 4.78 is 40.8. The van der Waals surface area contributed by atoms with Crippen LogP contribution in [-0.2, 0) is 11.0 Å². The summed E-state index contributed by atoms with van der Waals surface area (Å²) in [6.07, 6.45) is -2.46. The summed E-state index contributed by atoms with van der Waals surface area (Å²) in [5, 5.41) is 19.2. The number of rotatable bonds is 5. The number of carboxylic acid groups (broad SMARTS) is 1. The number of carbonyl (C=O) groups is 1. The Bertz CT molecular complexity index is 972. The highest BCUT2D eigenvalue weighted by Crippen LogP contribution is 2.39. The first-order valence-corrected chi connectivity index (χ1v) is 9.39. The second-order valence-corrected chi connectivity index (χ2v) is 6.26. The van der Waals surface area contributed by atoms with E-state index in [0.29, 0.717) is 10.6 Å². The number of aliphatic carboxylic acids is 1. The minimum Gasteiger partial charge on any atom is -0.507 e. The Hall–Kier alpha value is -2.99. The van der Waals surface area contributed by atoms with Crippen molar-refractivity contribution in [3.63, 3.8) is 0 Å². The zero-order valence-corrected chi connectivity index (χ0v) is 17.5. The summed E-state index contributed by atoms with van der Waals surface area (Å²) in [6.45, 7) is 9.07. The molecular formula is C23H22ClF3O3. The van der Waals surface area contributed by atoms with Gasteiger partial charge in [0, 0.05) is 5.02 Å². The minimum absolute atomic E-state index is 0.0129. The summed E-state index contributed by atoms with van der Waals surface area (Å²) in [4.78, 5) is 11.3. The van der Waals surface area contributed by atoms with Crippen LogP contribution in [0.4, 0.5) is 13.2 Å². The maximum atomic E-state index is 13.6. The molecule has 0 bridgehead atoms. The number of carboxylic acids is 1. The van der Waals surface area contributed by atoms with Gasteiger partial charge in [-0.25, -0.2) is 4.79 Å². The maximum absolute atomic E-state index is 13.6. The van der Waals surface area contributed by atoms with Gasteiger partial charge >= 0.3 is 12.1 Å². The molecule has 0 unspecified atom stereocenters. The Morgan fingerprint density at radius 3 is 2.10 bits per heavy atom. The topological polar surface area (TPSA) is 57.5 Å². The molecule has 0 saturated carbocycles. The van der Waals surface area contributed by atoms with Gasteiger partial charge in [0.25, 0.3) is 0 Å². The van der Waals surface area contributed by atoms with Gasteiger partial charge in [0.05, 0.1) is 5.56 Å². The number of allylic oxidation sites excluding steroid dienone is 3. The molecule has 2 aromatic carbocycles. The van der Waals surface area contributed by atoms with E-state index in [-0.39, 0.29) is 16.7 Å². The van der Waals surface area contributed by atoms with Crippen LogP contribution in [0.25, 0.3) is 16.7 Å². The van der Waals surface area contributed by atoms with Gasteiger partial charge in [-0.3, -0.25) is 0 Å². The van der Waals surface area contributed by atoms with E-state index in [1.165, 1.54) is 43.3 Å². The van der Waals surface area contributed by atoms with Crippen LogP contribution in [-0.4, -0.2) is 16.2 Å². The Morgan fingerprint density at radius 2 is 1.63 bits per heavy atom. The van der Waals surface area contributed by atoms with Crippen LogP contribution in [0.1, 0.15) is 31.9 Å². The van der Waals surface area contributed by atoms with Crippen LogP contribution in [0, 0.1) is 0 Å². The summed E-state index contributed by atoms with van der Waals surface area (Å²) in [5.74, 6) is -1.94. The normalized spacial score (nSPS) is 12.1. The molecule has 160 valence electrons. The second-order valence-electron chi connectivity index (χ2n) is 5.83.